The predicted molar refractivity (Wildman–Crippen MR) is 48.8 cm³/mol. The first kappa shape index (κ1) is 10.9. The van der Waals surface area contributed by atoms with Gasteiger partial charge in [0.05, 0.1) is 6.61 Å². The molecule has 0 radical (unpaired) electrons. The third-order valence-electron chi connectivity index (χ3n) is 1.50. The van der Waals surface area contributed by atoms with E-state index >= 15 is 0 Å². The predicted octanol–water partition coefficient (Wildman–Crippen LogP) is 1.80. The molecule has 1 N–H and O–H groups in total. The van der Waals surface area contributed by atoms with Crippen LogP contribution >= 0.6 is 0 Å². The van der Waals surface area contributed by atoms with Crippen molar-refractivity contribution in [3.8, 4) is 0 Å². The molecule has 0 saturated carbocycles. The summed E-state index contributed by atoms with van der Waals surface area (Å²) < 4.78 is 5.20. The Hall–Kier alpha value is -0.0800. The highest BCUT2D eigenvalue weighted by Gasteiger charge is 2.14. The molecule has 1 rings (SSSR count). The fraction of sp³-hybridized carbons (Fsp3) is 1.00. The fourth-order valence-electron chi connectivity index (χ4n) is 1.14. The van der Waals surface area contributed by atoms with Crippen LogP contribution in [0.25, 0.3) is 0 Å². The standard InChI is InChI=1S/C7H15NO.C2H6/c1-6(2)8-7-3-4-9-5-7;1-2/h6-8H,3-5H2,1-2H3;1-2H3. The Bertz CT molecular complexity index is 77.6. The van der Waals surface area contributed by atoms with Crippen LogP contribution in [-0.4, -0.2) is 25.3 Å². The highest BCUT2D eigenvalue weighted by molar-refractivity contribution is 4.72. The Balaban J connectivity index is 0.000000461. The van der Waals surface area contributed by atoms with Gasteiger partial charge in [0.2, 0.25) is 0 Å². The van der Waals surface area contributed by atoms with Crippen molar-refractivity contribution < 1.29 is 4.74 Å². The fourth-order valence-corrected chi connectivity index (χ4v) is 1.14. The maximum Gasteiger partial charge on any atom is 0.0620 e. The summed E-state index contributed by atoms with van der Waals surface area (Å²) >= 11 is 0. The first-order valence-electron chi connectivity index (χ1n) is 4.63. The number of rotatable bonds is 2. The number of nitrogens with one attached hydrogen (secondary N) is 1. The van der Waals surface area contributed by atoms with Gasteiger partial charge in [-0.25, -0.2) is 0 Å². The molecular weight excluding hydrogens is 138 g/mol. The molecule has 0 spiro atoms. The van der Waals surface area contributed by atoms with Crippen molar-refractivity contribution in [1.29, 1.82) is 0 Å². The van der Waals surface area contributed by atoms with Crippen molar-refractivity contribution >= 4 is 0 Å². The van der Waals surface area contributed by atoms with Crippen LogP contribution in [-0.2, 0) is 4.74 Å². The maximum atomic E-state index is 5.20. The lowest BCUT2D eigenvalue weighted by Crippen LogP contribution is -2.34. The minimum atomic E-state index is 0.594. The Labute approximate surface area is 70.3 Å². The third-order valence-corrected chi connectivity index (χ3v) is 1.50. The Morgan fingerprint density at radius 3 is 2.36 bits per heavy atom. The topological polar surface area (TPSA) is 21.3 Å². The van der Waals surface area contributed by atoms with Crippen molar-refractivity contribution in [2.24, 2.45) is 0 Å². The van der Waals surface area contributed by atoms with Crippen molar-refractivity contribution in [2.75, 3.05) is 13.2 Å². The van der Waals surface area contributed by atoms with Gasteiger partial charge in [0.15, 0.2) is 0 Å². The zero-order chi connectivity index (χ0) is 8.69. The molecule has 1 fully saturated rings. The van der Waals surface area contributed by atoms with E-state index in [4.69, 9.17) is 4.74 Å². The van der Waals surface area contributed by atoms with Crippen molar-refractivity contribution in [2.45, 2.75) is 46.2 Å². The summed E-state index contributed by atoms with van der Waals surface area (Å²) in [5, 5.41) is 3.42. The van der Waals surface area contributed by atoms with Gasteiger partial charge >= 0.3 is 0 Å². The molecule has 11 heavy (non-hydrogen) atoms. The number of ether oxygens (including phenoxy) is 1. The van der Waals surface area contributed by atoms with Crippen LogP contribution in [0.2, 0.25) is 0 Å². The Kier molecular flexibility index (Phi) is 6.57. The van der Waals surface area contributed by atoms with Crippen LogP contribution in [0.5, 0.6) is 0 Å². The van der Waals surface area contributed by atoms with E-state index in [0.717, 1.165) is 13.2 Å². The van der Waals surface area contributed by atoms with E-state index in [1.54, 1.807) is 0 Å². The van der Waals surface area contributed by atoms with Gasteiger partial charge in [0, 0.05) is 18.7 Å². The van der Waals surface area contributed by atoms with Gasteiger partial charge in [-0.1, -0.05) is 27.7 Å². The summed E-state index contributed by atoms with van der Waals surface area (Å²) in [6.45, 7) is 10.2. The van der Waals surface area contributed by atoms with E-state index in [0.29, 0.717) is 12.1 Å². The quantitative estimate of drug-likeness (QED) is 0.663. The average molecular weight is 159 g/mol. The highest BCUT2D eigenvalue weighted by Crippen LogP contribution is 2.03. The van der Waals surface area contributed by atoms with Crippen LogP contribution < -0.4 is 5.32 Å². The molecule has 0 aliphatic carbocycles. The van der Waals surface area contributed by atoms with Crippen molar-refractivity contribution in [3.05, 3.63) is 0 Å². The van der Waals surface area contributed by atoms with Crippen LogP contribution in [0.1, 0.15) is 34.1 Å². The molecule has 68 valence electrons. The van der Waals surface area contributed by atoms with Crippen LogP contribution in [0.3, 0.4) is 0 Å². The van der Waals surface area contributed by atoms with Crippen molar-refractivity contribution in [1.82, 2.24) is 5.32 Å². The first-order valence-corrected chi connectivity index (χ1v) is 4.63. The first-order chi connectivity index (χ1) is 5.29. The molecule has 0 aromatic rings. The summed E-state index contributed by atoms with van der Waals surface area (Å²) in [6, 6.07) is 1.21. The molecule has 1 aliphatic rings. The van der Waals surface area contributed by atoms with Crippen molar-refractivity contribution in [3.63, 3.8) is 0 Å². The second-order valence-corrected chi connectivity index (χ2v) is 2.88. The smallest absolute Gasteiger partial charge is 0.0620 e. The molecule has 0 aromatic carbocycles. The van der Waals surface area contributed by atoms with Gasteiger partial charge in [-0.2, -0.15) is 0 Å². The van der Waals surface area contributed by atoms with E-state index in [-0.39, 0.29) is 0 Å². The second kappa shape index (κ2) is 6.62. The molecule has 0 aromatic heterocycles. The molecule has 2 heteroatoms. The third kappa shape index (κ3) is 5.22. The van der Waals surface area contributed by atoms with Gasteiger partial charge in [0.1, 0.15) is 0 Å². The summed E-state index contributed by atoms with van der Waals surface area (Å²) in [5.74, 6) is 0. The summed E-state index contributed by atoms with van der Waals surface area (Å²) in [7, 11) is 0. The lowest BCUT2D eigenvalue weighted by Gasteiger charge is -2.12. The lowest BCUT2D eigenvalue weighted by atomic mass is 10.2. The van der Waals surface area contributed by atoms with E-state index in [2.05, 4.69) is 19.2 Å². The van der Waals surface area contributed by atoms with Crippen LogP contribution in [0.4, 0.5) is 0 Å². The molecule has 1 atom stereocenters. The van der Waals surface area contributed by atoms with E-state index in [1.807, 2.05) is 13.8 Å². The average Bonchev–Trinajstić information content (AvgIpc) is 2.43. The monoisotopic (exact) mass is 159 g/mol. The van der Waals surface area contributed by atoms with Gasteiger partial charge in [0.25, 0.3) is 0 Å². The van der Waals surface area contributed by atoms with Gasteiger partial charge in [-0.3, -0.25) is 0 Å². The molecule has 0 bridgehead atoms. The zero-order valence-corrected chi connectivity index (χ0v) is 8.18. The number of hydrogen-bond donors (Lipinski definition) is 1. The van der Waals surface area contributed by atoms with E-state index < -0.39 is 0 Å². The minimum absolute atomic E-state index is 0.594. The van der Waals surface area contributed by atoms with Crippen LogP contribution in [0.15, 0.2) is 0 Å². The Morgan fingerprint density at radius 2 is 2.00 bits per heavy atom. The molecule has 1 saturated heterocycles. The maximum absolute atomic E-state index is 5.20. The van der Waals surface area contributed by atoms with E-state index in [1.165, 1.54) is 6.42 Å². The summed E-state index contributed by atoms with van der Waals surface area (Å²) in [4.78, 5) is 0. The molecule has 0 amide bonds. The molecule has 2 nitrogen and oxygen atoms in total. The Morgan fingerprint density at radius 1 is 1.36 bits per heavy atom. The van der Waals surface area contributed by atoms with Gasteiger partial charge < -0.3 is 10.1 Å². The second-order valence-electron chi connectivity index (χ2n) is 2.88. The molecule has 1 unspecified atom stereocenters. The highest BCUT2D eigenvalue weighted by atomic mass is 16.5. The van der Waals surface area contributed by atoms with Crippen LogP contribution in [0, 0.1) is 0 Å². The molecular formula is C9H21NO. The zero-order valence-electron chi connectivity index (χ0n) is 8.18. The largest absolute Gasteiger partial charge is 0.380 e. The summed E-state index contributed by atoms with van der Waals surface area (Å²) in [5.41, 5.74) is 0. The van der Waals surface area contributed by atoms with E-state index in [9.17, 15) is 0 Å². The lowest BCUT2D eigenvalue weighted by molar-refractivity contribution is 0.188. The molecule has 1 heterocycles. The minimum Gasteiger partial charge on any atom is -0.380 e. The number of hydrogen-bond acceptors (Lipinski definition) is 2. The summed E-state index contributed by atoms with van der Waals surface area (Å²) in [6.07, 6.45) is 1.18. The van der Waals surface area contributed by atoms with Gasteiger partial charge in [-0.15, -0.1) is 0 Å². The SMILES string of the molecule is CC.CC(C)NC1CCOC1. The normalized spacial score (nSPS) is 23.2. The molecule has 1 aliphatic heterocycles. The van der Waals surface area contributed by atoms with Gasteiger partial charge in [-0.05, 0) is 6.42 Å².